The van der Waals surface area contributed by atoms with Gasteiger partial charge >= 0.3 is 0 Å². The van der Waals surface area contributed by atoms with Crippen LogP contribution in [-0.2, 0) is 9.53 Å². The van der Waals surface area contributed by atoms with Gasteiger partial charge in [-0.05, 0) is 82.2 Å². The van der Waals surface area contributed by atoms with Crippen molar-refractivity contribution in [2.24, 2.45) is 0 Å². The van der Waals surface area contributed by atoms with Crippen LogP contribution in [0.5, 0.6) is 0 Å². The Hall–Kier alpha value is -1.52. The highest BCUT2D eigenvalue weighted by atomic mass is 35.5. The van der Waals surface area contributed by atoms with Crippen molar-refractivity contribution in [3.63, 3.8) is 0 Å². The maximum Gasteiger partial charge on any atom is 0.256 e. The summed E-state index contributed by atoms with van der Waals surface area (Å²) < 4.78 is 5.87. The van der Waals surface area contributed by atoms with Crippen molar-refractivity contribution in [1.82, 2.24) is 5.32 Å². The van der Waals surface area contributed by atoms with E-state index in [9.17, 15) is 9.90 Å². The summed E-state index contributed by atoms with van der Waals surface area (Å²) in [7, 11) is 0. The highest BCUT2D eigenvalue weighted by molar-refractivity contribution is 6.31. The molecule has 4 nitrogen and oxygen atoms in total. The molecule has 25 heavy (non-hydrogen) atoms. The van der Waals surface area contributed by atoms with E-state index in [-0.39, 0.29) is 17.3 Å². The monoisotopic (exact) mass is 363 g/mol. The van der Waals surface area contributed by atoms with Gasteiger partial charge in [0.25, 0.3) is 5.91 Å². The minimum Gasteiger partial charge on any atom is -0.509 e. The molecule has 1 heterocycles. The van der Waals surface area contributed by atoms with E-state index in [2.05, 4.69) is 12.2 Å². The second-order valence-corrected chi connectivity index (χ2v) is 7.99. The van der Waals surface area contributed by atoms with E-state index in [1.54, 1.807) is 0 Å². The molecular weight excluding hydrogens is 338 g/mol. The van der Waals surface area contributed by atoms with E-state index < -0.39 is 5.54 Å². The van der Waals surface area contributed by atoms with Crippen LogP contribution < -0.4 is 5.32 Å². The Morgan fingerprint density at radius 2 is 1.76 bits per heavy atom. The van der Waals surface area contributed by atoms with Crippen LogP contribution in [0.3, 0.4) is 0 Å². The number of carbonyl (C=O) groups excluding carboxylic acids is 1. The Labute approximate surface area is 154 Å². The standard InChI is InChI=1S/C20H26ClNO3/c1-5-25-19(4)6-8-20(9-7-19)17(23)16(18(24)22-20)15-12(2)10-14(21)11-13(15)3/h10-11,23H,5-9H2,1-4H3,(H,22,24). The van der Waals surface area contributed by atoms with Crippen LogP contribution in [0.4, 0.5) is 0 Å². The molecular formula is C20H26ClNO3. The van der Waals surface area contributed by atoms with Crippen molar-refractivity contribution in [3.8, 4) is 0 Å². The Morgan fingerprint density at radius 3 is 2.28 bits per heavy atom. The summed E-state index contributed by atoms with van der Waals surface area (Å²) in [5.41, 5.74) is 2.13. The van der Waals surface area contributed by atoms with Crippen LogP contribution in [0, 0.1) is 13.8 Å². The summed E-state index contributed by atoms with van der Waals surface area (Å²) in [5, 5.41) is 14.7. The molecule has 2 aliphatic rings. The van der Waals surface area contributed by atoms with Crippen molar-refractivity contribution < 1.29 is 14.6 Å². The Morgan fingerprint density at radius 1 is 1.20 bits per heavy atom. The number of aliphatic hydroxyl groups excluding tert-OH is 1. The highest BCUT2D eigenvalue weighted by Gasteiger charge is 2.50. The van der Waals surface area contributed by atoms with Crippen LogP contribution in [0.15, 0.2) is 17.9 Å². The lowest BCUT2D eigenvalue weighted by Crippen LogP contribution is -2.51. The molecule has 2 N–H and O–H groups in total. The first-order chi connectivity index (χ1) is 11.7. The molecule has 5 heteroatoms. The molecule has 1 aromatic rings. The third-order valence-electron chi connectivity index (χ3n) is 5.67. The molecule has 1 aromatic carbocycles. The molecule has 1 saturated carbocycles. The molecule has 0 bridgehead atoms. The predicted molar refractivity (Wildman–Crippen MR) is 99.8 cm³/mol. The molecule has 0 unspecified atom stereocenters. The third kappa shape index (κ3) is 3.06. The minimum absolute atomic E-state index is 0.171. The maximum absolute atomic E-state index is 12.7. The van der Waals surface area contributed by atoms with Crippen LogP contribution in [0.25, 0.3) is 5.57 Å². The number of halogens is 1. The first-order valence-electron chi connectivity index (χ1n) is 8.89. The van der Waals surface area contributed by atoms with Gasteiger partial charge in [0.05, 0.1) is 16.7 Å². The van der Waals surface area contributed by atoms with Gasteiger partial charge in [0.15, 0.2) is 0 Å². The summed E-state index contributed by atoms with van der Waals surface area (Å²) in [6, 6.07) is 3.66. The number of hydrogen-bond acceptors (Lipinski definition) is 3. The van der Waals surface area contributed by atoms with Crippen LogP contribution in [0.2, 0.25) is 5.02 Å². The summed E-state index contributed by atoms with van der Waals surface area (Å²) in [6.07, 6.45) is 2.96. The lowest BCUT2D eigenvalue weighted by molar-refractivity contribution is -0.117. The number of nitrogens with one attached hydrogen (secondary N) is 1. The van der Waals surface area contributed by atoms with Gasteiger partial charge in [-0.1, -0.05) is 11.6 Å². The van der Waals surface area contributed by atoms with E-state index in [0.717, 1.165) is 29.5 Å². The molecule has 1 amide bonds. The summed E-state index contributed by atoms with van der Waals surface area (Å²) in [4.78, 5) is 12.7. The van der Waals surface area contributed by atoms with Gasteiger partial charge in [-0.2, -0.15) is 0 Å². The average molecular weight is 364 g/mol. The molecule has 1 aliphatic carbocycles. The van der Waals surface area contributed by atoms with Gasteiger partial charge < -0.3 is 15.2 Å². The number of benzene rings is 1. The quantitative estimate of drug-likeness (QED) is 0.833. The molecule has 136 valence electrons. The molecule has 0 aromatic heterocycles. The lowest BCUT2D eigenvalue weighted by Gasteiger charge is -2.42. The Bertz CT molecular complexity index is 722. The van der Waals surface area contributed by atoms with Gasteiger partial charge in [0.2, 0.25) is 0 Å². The highest BCUT2D eigenvalue weighted by Crippen LogP contribution is 2.46. The minimum atomic E-state index is -0.665. The average Bonchev–Trinajstić information content (AvgIpc) is 2.75. The van der Waals surface area contributed by atoms with Crippen molar-refractivity contribution in [3.05, 3.63) is 39.6 Å². The van der Waals surface area contributed by atoms with Gasteiger partial charge in [-0.15, -0.1) is 0 Å². The molecule has 3 rings (SSSR count). The SMILES string of the molecule is CCOC1(C)CCC2(CC1)NC(=O)C(c1c(C)cc(Cl)cc1C)=C2O. The molecule has 0 atom stereocenters. The van der Waals surface area contributed by atoms with Gasteiger partial charge in [0, 0.05) is 11.6 Å². The number of amides is 1. The molecule has 0 radical (unpaired) electrons. The largest absolute Gasteiger partial charge is 0.509 e. The normalized spacial score (nSPS) is 29.4. The number of carbonyl (C=O) groups is 1. The van der Waals surface area contributed by atoms with E-state index in [4.69, 9.17) is 16.3 Å². The molecule has 1 fully saturated rings. The summed E-state index contributed by atoms with van der Waals surface area (Å²) in [6.45, 7) is 8.61. The predicted octanol–water partition coefficient (Wildman–Crippen LogP) is 4.46. The number of ether oxygens (including phenoxy) is 1. The Balaban J connectivity index is 1.99. The van der Waals surface area contributed by atoms with E-state index in [1.807, 2.05) is 32.9 Å². The van der Waals surface area contributed by atoms with E-state index >= 15 is 0 Å². The number of hydrogen-bond donors (Lipinski definition) is 2. The van der Waals surface area contributed by atoms with Gasteiger partial charge in [-0.3, -0.25) is 4.79 Å². The smallest absolute Gasteiger partial charge is 0.256 e. The summed E-state index contributed by atoms with van der Waals surface area (Å²) >= 11 is 6.11. The third-order valence-corrected chi connectivity index (χ3v) is 5.89. The number of aryl methyl sites for hydroxylation is 2. The lowest BCUT2D eigenvalue weighted by atomic mass is 9.74. The first kappa shape index (κ1) is 18.3. The van der Waals surface area contributed by atoms with E-state index in [1.165, 1.54) is 0 Å². The number of rotatable bonds is 3. The molecule has 0 saturated heterocycles. The zero-order chi connectivity index (χ0) is 18.4. The van der Waals surface area contributed by atoms with Crippen LogP contribution in [0.1, 0.15) is 56.2 Å². The van der Waals surface area contributed by atoms with E-state index in [0.29, 0.717) is 30.0 Å². The van der Waals surface area contributed by atoms with Crippen molar-refractivity contribution in [2.75, 3.05) is 6.61 Å². The zero-order valence-electron chi connectivity index (χ0n) is 15.3. The zero-order valence-corrected chi connectivity index (χ0v) is 16.1. The maximum atomic E-state index is 12.7. The topological polar surface area (TPSA) is 58.6 Å². The van der Waals surface area contributed by atoms with Gasteiger partial charge in [-0.25, -0.2) is 0 Å². The first-order valence-corrected chi connectivity index (χ1v) is 9.26. The fourth-order valence-corrected chi connectivity index (χ4v) is 4.61. The number of aliphatic hydroxyl groups is 1. The fourth-order valence-electron chi connectivity index (χ4n) is 4.28. The van der Waals surface area contributed by atoms with Crippen LogP contribution in [-0.4, -0.2) is 28.8 Å². The Kier molecular flexibility index (Phi) is 4.63. The van der Waals surface area contributed by atoms with Crippen molar-refractivity contribution in [2.45, 2.75) is 64.5 Å². The van der Waals surface area contributed by atoms with Crippen molar-refractivity contribution >= 4 is 23.1 Å². The molecule has 1 aliphatic heterocycles. The van der Waals surface area contributed by atoms with Crippen LogP contribution >= 0.6 is 11.6 Å². The fraction of sp³-hybridized carbons (Fsp3) is 0.550. The second-order valence-electron chi connectivity index (χ2n) is 7.56. The van der Waals surface area contributed by atoms with Crippen molar-refractivity contribution in [1.29, 1.82) is 0 Å². The van der Waals surface area contributed by atoms with Gasteiger partial charge in [0.1, 0.15) is 5.76 Å². The summed E-state index contributed by atoms with van der Waals surface area (Å²) in [5.74, 6) is -0.0318. The second kappa shape index (κ2) is 6.33. The molecule has 1 spiro atoms.